The van der Waals surface area contributed by atoms with Crippen LogP contribution in [-0.4, -0.2) is 10.9 Å². The van der Waals surface area contributed by atoms with Crippen LogP contribution < -0.4 is 16.2 Å². The normalized spacial score (nSPS) is 9.80. The van der Waals surface area contributed by atoms with Crippen molar-refractivity contribution >= 4 is 11.6 Å². The highest BCUT2D eigenvalue weighted by molar-refractivity contribution is 5.91. The van der Waals surface area contributed by atoms with E-state index in [0.717, 1.165) is 5.56 Å². The molecule has 2 aromatic rings. The van der Waals surface area contributed by atoms with E-state index in [1.54, 1.807) is 18.2 Å². The standard InChI is InChI=1S/C14H12N4O2/c1-8-2-3-9(7-15)6-12(8)20-14-10(16)4-5-11(18-14)13(17)19/h2-6H,16H2,1H3,(H2,17,19). The minimum Gasteiger partial charge on any atom is -0.437 e. The van der Waals surface area contributed by atoms with Crippen molar-refractivity contribution in [2.45, 2.75) is 6.92 Å². The molecule has 1 aromatic heterocycles. The number of benzene rings is 1. The number of carbonyl (C=O) groups excluding carboxylic acids is 1. The monoisotopic (exact) mass is 268 g/mol. The lowest BCUT2D eigenvalue weighted by atomic mass is 10.1. The summed E-state index contributed by atoms with van der Waals surface area (Å²) in [5, 5.41) is 8.88. The molecule has 4 N–H and O–H groups in total. The number of anilines is 1. The Kier molecular flexibility index (Phi) is 3.53. The molecule has 6 heteroatoms. The molecule has 2 rings (SSSR count). The van der Waals surface area contributed by atoms with Gasteiger partial charge in [0.2, 0.25) is 5.88 Å². The molecule has 0 saturated carbocycles. The first-order chi connectivity index (χ1) is 9.51. The summed E-state index contributed by atoms with van der Waals surface area (Å²) in [6.07, 6.45) is 0. The molecule has 0 bridgehead atoms. The highest BCUT2D eigenvalue weighted by Gasteiger charge is 2.11. The molecule has 0 aliphatic heterocycles. The van der Waals surface area contributed by atoms with Gasteiger partial charge < -0.3 is 16.2 Å². The van der Waals surface area contributed by atoms with Gasteiger partial charge in [-0.2, -0.15) is 5.26 Å². The van der Waals surface area contributed by atoms with Crippen LogP contribution in [-0.2, 0) is 0 Å². The summed E-state index contributed by atoms with van der Waals surface area (Å²) in [5.74, 6) is -0.137. The van der Waals surface area contributed by atoms with Gasteiger partial charge in [0.1, 0.15) is 11.4 Å². The van der Waals surface area contributed by atoms with Gasteiger partial charge in [0.25, 0.3) is 5.91 Å². The zero-order valence-electron chi connectivity index (χ0n) is 10.8. The number of rotatable bonds is 3. The smallest absolute Gasteiger partial charge is 0.267 e. The van der Waals surface area contributed by atoms with Crippen LogP contribution in [0, 0.1) is 18.3 Å². The number of aromatic nitrogens is 1. The Morgan fingerprint density at radius 3 is 2.75 bits per heavy atom. The number of hydrogen-bond acceptors (Lipinski definition) is 5. The molecule has 20 heavy (non-hydrogen) atoms. The van der Waals surface area contributed by atoms with E-state index in [4.69, 9.17) is 21.5 Å². The molecule has 0 unspecified atom stereocenters. The van der Waals surface area contributed by atoms with Gasteiger partial charge in [0.05, 0.1) is 17.3 Å². The van der Waals surface area contributed by atoms with Crippen molar-refractivity contribution in [3.05, 3.63) is 47.2 Å². The maximum absolute atomic E-state index is 11.1. The van der Waals surface area contributed by atoms with Crippen molar-refractivity contribution in [1.29, 1.82) is 5.26 Å². The van der Waals surface area contributed by atoms with E-state index in [1.165, 1.54) is 12.1 Å². The molecule has 0 radical (unpaired) electrons. The maximum Gasteiger partial charge on any atom is 0.267 e. The van der Waals surface area contributed by atoms with Gasteiger partial charge in [-0.05, 0) is 36.8 Å². The zero-order chi connectivity index (χ0) is 14.7. The number of pyridine rings is 1. The number of nitrogens with zero attached hydrogens (tertiary/aromatic N) is 2. The van der Waals surface area contributed by atoms with Crippen LogP contribution in [0.25, 0.3) is 0 Å². The van der Waals surface area contributed by atoms with Crippen molar-refractivity contribution in [1.82, 2.24) is 4.98 Å². The summed E-state index contributed by atoms with van der Waals surface area (Å²) >= 11 is 0. The lowest BCUT2D eigenvalue weighted by Crippen LogP contribution is -2.13. The Balaban J connectivity index is 2.42. The molecule has 0 spiro atoms. The van der Waals surface area contributed by atoms with Crippen LogP contribution in [0.2, 0.25) is 0 Å². The van der Waals surface area contributed by atoms with Gasteiger partial charge in [-0.15, -0.1) is 0 Å². The fourth-order valence-electron chi connectivity index (χ4n) is 1.55. The second-order valence-electron chi connectivity index (χ2n) is 4.15. The van der Waals surface area contributed by atoms with E-state index in [1.807, 2.05) is 13.0 Å². The lowest BCUT2D eigenvalue weighted by Gasteiger charge is -2.10. The first-order valence-corrected chi connectivity index (χ1v) is 5.76. The van der Waals surface area contributed by atoms with Crippen molar-refractivity contribution in [2.24, 2.45) is 5.73 Å². The predicted octanol–water partition coefficient (Wildman–Crippen LogP) is 1.74. The minimum absolute atomic E-state index is 0.0586. The molecular weight excluding hydrogens is 256 g/mol. The number of aryl methyl sites for hydroxylation is 1. The number of hydrogen-bond donors (Lipinski definition) is 2. The van der Waals surface area contributed by atoms with Crippen LogP contribution >= 0.6 is 0 Å². The number of amides is 1. The van der Waals surface area contributed by atoms with E-state index >= 15 is 0 Å². The molecule has 6 nitrogen and oxygen atoms in total. The summed E-state index contributed by atoms with van der Waals surface area (Å²) in [4.78, 5) is 15.1. The molecule has 1 heterocycles. The van der Waals surface area contributed by atoms with Gasteiger partial charge in [0, 0.05) is 0 Å². The average molecular weight is 268 g/mol. The topological polar surface area (TPSA) is 115 Å². The van der Waals surface area contributed by atoms with Crippen LogP contribution in [0.3, 0.4) is 0 Å². The molecular formula is C14H12N4O2. The Morgan fingerprint density at radius 1 is 1.35 bits per heavy atom. The summed E-state index contributed by atoms with van der Waals surface area (Å²) in [6.45, 7) is 1.82. The molecule has 0 atom stereocenters. The highest BCUT2D eigenvalue weighted by Crippen LogP contribution is 2.28. The quantitative estimate of drug-likeness (QED) is 0.879. The largest absolute Gasteiger partial charge is 0.437 e. The molecule has 0 fully saturated rings. The third-order valence-electron chi connectivity index (χ3n) is 2.67. The molecule has 1 aromatic carbocycles. The lowest BCUT2D eigenvalue weighted by molar-refractivity contribution is 0.0995. The summed E-state index contributed by atoms with van der Waals surface area (Å²) in [7, 11) is 0. The van der Waals surface area contributed by atoms with E-state index in [0.29, 0.717) is 11.3 Å². The fraction of sp³-hybridized carbons (Fsp3) is 0.0714. The first-order valence-electron chi connectivity index (χ1n) is 5.76. The summed E-state index contributed by atoms with van der Waals surface area (Å²) in [6, 6.07) is 9.94. The molecule has 0 aliphatic rings. The number of ether oxygens (including phenoxy) is 1. The number of primary amides is 1. The van der Waals surface area contributed by atoms with Gasteiger partial charge in [-0.3, -0.25) is 4.79 Å². The predicted molar refractivity (Wildman–Crippen MR) is 73.1 cm³/mol. The summed E-state index contributed by atoms with van der Waals surface area (Å²) in [5.41, 5.74) is 12.5. The van der Waals surface area contributed by atoms with Crippen molar-refractivity contribution in [3.63, 3.8) is 0 Å². The molecule has 1 amide bonds. The highest BCUT2D eigenvalue weighted by atomic mass is 16.5. The molecule has 100 valence electrons. The first kappa shape index (κ1) is 13.4. The number of carbonyl (C=O) groups is 1. The van der Waals surface area contributed by atoms with Gasteiger partial charge >= 0.3 is 0 Å². The van der Waals surface area contributed by atoms with E-state index in [9.17, 15) is 4.79 Å². The van der Waals surface area contributed by atoms with Gasteiger partial charge in [0.15, 0.2) is 0 Å². The van der Waals surface area contributed by atoms with Gasteiger partial charge in [-0.25, -0.2) is 4.98 Å². The van der Waals surface area contributed by atoms with Crippen molar-refractivity contribution < 1.29 is 9.53 Å². The van der Waals surface area contributed by atoms with E-state index in [2.05, 4.69) is 4.98 Å². The van der Waals surface area contributed by atoms with Crippen molar-refractivity contribution in [2.75, 3.05) is 5.73 Å². The summed E-state index contributed by atoms with van der Waals surface area (Å²) < 4.78 is 5.58. The van der Waals surface area contributed by atoms with Crippen LogP contribution in [0.15, 0.2) is 30.3 Å². The van der Waals surface area contributed by atoms with Crippen LogP contribution in [0.5, 0.6) is 11.6 Å². The Bertz CT molecular complexity index is 720. The van der Waals surface area contributed by atoms with E-state index < -0.39 is 5.91 Å². The van der Waals surface area contributed by atoms with Crippen LogP contribution in [0.4, 0.5) is 5.69 Å². The average Bonchev–Trinajstić information content (AvgIpc) is 2.43. The number of nitrogens with two attached hydrogens (primary N) is 2. The SMILES string of the molecule is Cc1ccc(C#N)cc1Oc1nc(C(N)=O)ccc1N. The Morgan fingerprint density at radius 2 is 2.10 bits per heavy atom. The van der Waals surface area contributed by atoms with Gasteiger partial charge in [-0.1, -0.05) is 6.07 Å². The van der Waals surface area contributed by atoms with Crippen molar-refractivity contribution in [3.8, 4) is 17.7 Å². The third kappa shape index (κ3) is 2.67. The van der Waals surface area contributed by atoms with E-state index in [-0.39, 0.29) is 17.3 Å². The fourth-order valence-corrected chi connectivity index (χ4v) is 1.55. The third-order valence-corrected chi connectivity index (χ3v) is 2.67. The zero-order valence-corrected chi connectivity index (χ0v) is 10.8. The molecule has 0 aliphatic carbocycles. The second-order valence-corrected chi connectivity index (χ2v) is 4.15. The maximum atomic E-state index is 11.1. The van der Waals surface area contributed by atoms with Crippen LogP contribution in [0.1, 0.15) is 21.6 Å². The second kappa shape index (κ2) is 5.28. The Labute approximate surface area is 115 Å². The minimum atomic E-state index is -0.669. The number of nitrogen functional groups attached to an aromatic ring is 1. The number of nitriles is 1. The molecule has 0 saturated heterocycles. The Hall–Kier alpha value is -3.07.